The molecule has 0 aliphatic carbocycles. The second-order valence-corrected chi connectivity index (χ2v) is 2.63. The first kappa shape index (κ1) is 10.4. The molecule has 3 nitrogen and oxygen atoms in total. The van der Waals surface area contributed by atoms with Gasteiger partial charge in [-0.1, -0.05) is 13.3 Å². The van der Waals surface area contributed by atoms with Gasteiger partial charge in [-0.3, -0.25) is 4.79 Å². The van der Waals surface area contributed by atoms with Crippen molar-refractivity contribution in [2.75, 3.05) is 6.61 Å². The predicted molar refractivity (Wildman–Crippen MR) is 42.2 cm³/mol. The molecule has 0 saturated heterocycles. The minimum atomic E-state index is -0.593. The van der Waals surface area contributed by atoms with Gasteiger partial charge in [0.25, 0.3) is 0 Å². The third-order valence-electron chi connectivity index (χ3n) is 1.22. The van der Waals surface area contributed by atoms with E-state index in [0.717, 1.165) is 12.8 Å². The lowest BCUT2D eigenvalue weighted by atomic mass is 10.3. The maximum Gasteiger partial charge on any atom is 0.308 e. The first-order valence-electron chi connectivity index (χ1n) is 4.00. The Kier molecular flexibility index (Phi) is 5.84. The van der Waals surface area contributed by atoms with Crippen LogP contribution in [0.15, 0.2) is 0 Å². The summed E-state index contributed by atoms with van der Waals surface area (Å²) in [5.41, 5.74) is 0. The van der Waals surface area contributed by atoms with Gasteiger partial charge in [0.1, 0.15) is 0 Å². The summed E-state index contributed by atoms with van der Waals surface area (Å²) < 4.78 is 4.79. The largest absolute Gasteiger partial charge is 0.466 e. The molecule has 1 unspecified atom stereocenters. The average molecular weight is 160 g/mol. The van der Waals surface area contributed by atoms with E-state index >= 15 is 0 Å². The SMILES string of the molecule is CCCCOC(=O)CC(C)O. The van der Waals surface area contributed by atoms with E-state index in [0.29, 0.717) is 6.61 Å². The zero-order valence-corrected chi connectivity index (χ0v) is 7.17. The second kappa shape index (κ2) is 6.16. The van der Waals surface area contributed by atoms with E-state index in [1.165, 1.54) is 0 Å². The topological polar surface area (TPSA) is 46.5 Å². The number of hydrogen-bond donors (Lipinski definition) is 1. The van der Waals surface area contributed by atoms with Gasteiger partial charge < -0.3 is 9.84 Å². The molecule has 0 saturated carbocycles. The summed E-state index contributed by atoms with van der Waals surface area (Å²) in [6, 6.07) is 0. The molecule has 66 valence electrons. The van der Waals surface area contributed by atoms with Crippen molar-refractivity contribution < 1.29 is 14.6 Å². The summed E-state index contributed by atoms with van der Waals surface area (Å²) in [5.74, 6) is -0.312. The summed E-state index contributed by atoms with van der Waals surface area (Å²) in [6.07, 6.45) is 1.42. The molecule has 0 aromatic rings. The average Bonchev–Trinajstić information content (AvgIpc) is 1.86. The van der Waals surface area contributed by atoms with E-state index in [9.17, 15) is 4.79 Å². The molecule has 1 N–H and O–H groups in total. The summed E-state index contributed by atoms with van der Waals surface area (Å²) in [7, 11) is 0. The van der Waals surface area contributed by atoms with Crippen LogP contribution < -0.4 is 0 Å². The fourth-order valence-electron chi connectivity index (χ4n) is 0.630. The van der Waals surface area contributed by atoms with Gasteiger partial charge in [0.05, 0.1) is 19.1 Å². The summed E-state index contributed by atoms with van der Waals surface area (Å²) in [4.78, 5) is 10.7. The van der Waals surface area contributed by atoms with E-state index in [1.54, 1.807) is 6.92 Å². The third kappa shape index (κ3) is 7.33. The van der Waals surface area contributed by atoms with Crippen molar-refractivity contribution >= 4 is 5.97 Å². The molecule has 0 aromatic heterocycles. The molecule has 0 aromatic carbocycles. The van der Waals surface area contributed by atoms with Crippen LogP contribution in [0, 0.1) is 0 Å². The number of aliphatic hydroxyl groups is 1. The minimum absolute atomic E-state index is 0.101. The highest BCUT2D eigenvalue weighted by Crippen LogP contribution is 1.95. The highest BCUT2D eigenvalue weighted by molar-refractivity contribution is 5.69. The molecule has 3 heteroatoms. The van der Waals surface area contributed by atoms with Crippen molar-refractivity contribution in [1.82, 2.24) is 0 Å². The Morgan fingerprint density at radius 3 is 2.73 bits per heavy atom. The van der Waals surface area contributed by atoms with Crippen molar-refractivity contribution in [1.29, 1.82) is 0 Å². The molecule has 0 aliphatic heterocycles. The van der Waals surface area contributed by atoms with Crippen molar-refractivity contribution in [3.8, 4) is 0 Å². The number of esters is 1. The maximum atomic E-state index is 10.7. The molecule has 0 aliphatic rings. The normalized spacial score (nSPS) is 12.6. The van der Waals surface area contributed by atoms with E-state index < -0.39 is 6.10 Å². The smallest absolute Gasteiger partial charge is 0.308 e. The van der Waals surface area contributed by atoms with Crippen molar-refractivity contribution in [3.05, 3.63) is 0 Å². The van der Waals surface area contributed by atoms with Gasteiger partial charge in [0.15, 0.2) is 0 Å². The van der Waals surface area contributed by atoms with Crippen LogP contribution in [0.25, 0.3) is 0 Å². The number of carbonyl (C=O) groups is 1. The van der Waals surface area contributed by atoms with E-state index in [-0.39, 0.29) is 12.4 Å². The number of hydrogen-bond acceptors (Lipinski definition) is 3. The molecule has 0 spiro atoms. The Balaban J connectivity index is 3.23. The quantitative estimate of drug-likeness (QED) is 0.484. The van der Waals surface area contributed by atoms with Gasteiger partial charge in [-0.25, -0.2) is 0 Å². The summed E-state index contributed by atoms with van der Waals surface area (Å²) >= 11 is 0. The van der Waals surface area contributed by atoms with Gasteiger partial charge in [-0.05, 0) is 13.3 Å². The van der Waals surface area contributed by atoms with Crippen LogP contribution in [-0.2, 0) is 9.53 Å². The lowest BCUT2D eigenvalue weighted by molar-refractivity contribution is -0.145. The molecule has 0 fully saturated rings. The van der Waals surface area contributed by atoms with Crippen molar-refractivity contribution in [2.45, 2.75) is 39.2 Å². The summed E-state index contributed by atoms with van der Waals surface area (Å²) in [5, 5.41) is 8.78. The van der Waals surface area contributed by atoms with Crippen LogP contribution in [0.4, 0.5) is 0 Å². The number of rotatable bonds is 5. The highest BCUT2D eigenvalue weighted by atomic mass is 16.5. The predicted octanol–water partition coefficient (Wildman–Crippen LogP) is 1.10. The van der Waals surface area contributed by atoms with Crippen LogP contribution in [0.2, 0.25) is 0 Å². The zero-order chi connectivity index (χ0) is 8.69. The summed E-state index contributed by atoms with van der Waals surface area (Å²) in [6.45, 7) is 4.08. The standard InChI is InChI=1S/C8H16O3/c1-3-4-5-11-8(10)6-7(2)9/h7,9H,3-6H2,1-2H3. The Hall–Kier alpha value is -0.570. The Bertz CT molecular complexity index is 110. The molecule has 0 heterocycles. The Morgan fingerprint density at radius 1 is 1.64 bits per heavy atom. The van der Waals surface area contributed by atoms with Gasteiger partial charge in [0, 0.05) is 0 Å². The zero-order valence-electron chi connectivity index (χ0n) is 7.17. The molecular formula is C8H16O3. The van der Waals surface area contributed by atoms with Gasteiger partial charge in [0.2, 0.25) is 0 Å². The monoisotopic (exact) mass is 160 g/mol. The van der Waals surface area contributed by atoms with E-state index in [1.807, 2.05) is 6.92 Å². The lowest BCUT2D eigenvalue weighted by Crippen LogP contribution is -2.12. The fraction of sp³-hybridized carbons (Fsp3) is 0.875. The molecule has 0 bridgehead atoms. The van der Waals surface area contributed by atoms with Crippen LogP contribution >= 0.6 is 0 Å². The lowest BCUT2D eigenvalue weighted by Gasteiger charge is -2.04. The number of unbranched alkanes of at least 4 members (excludes halogenated alkanes) is 1. The van der Waals surface area contributed by atoms with E-state index in [2.05, 4.69) is 0 Å². The minimum Gasteiger partial charge on any atom is -0.466 e. The van der Waals surface area contributed by atoms with Crippen LogP contribution in [0.3, 0.4) is 0 Å². The first-order chi connectivity index (χ1) is 5.16. The van der Waals surface area contributed by atoms with Crippen LogP contribution in [-0.4, -0.2) is 23.8 Å². The van der Waals surface area contributed by atoms with E-state index in [4.69, 9.17) is 9.84 Å². The van der Waals surface area contributed by atoms with Crippen LogP contribution in [0.5, 0.6) is 0 Å². The molecule has 11 heavy (non-hydrogen) atoms. The van der Waals surface area contributed by atoms with Crippen molar-refractivity contribution in [2.24, 2.45) is 0 Å². The number of ether oxygens (including phenoxy) is 1. The highest BCUT2D eigenvalue weighted by Gasteiger charge is 2.05. The molecule has 0 radical (unpaired) electrons. The Morgan fingerprint density at radius 2 is 2.27 bits per heavy atom. The van der Waals surface area contributed by atoms with Crippen LogP contribution in [0.1, 0.15) is 33.1 Å². The molecule has 0 rings (SSSR count). The fourth-order valence-corrected chi connectivity index (χ4v) is 0.630. The number of carbonyl (C=O) groups excluding carboxylic acids is 1. The maximum absolute atomic E-state index is 10.7. The first-order valence-corrected chi connectivity index (χ1v) is 4.00. The third-order valence-corrected chi connectivity index (χ3v) is 1.22. The van der Waals surface area contributed by atoms with Gasteiger partial charge in [-0.2, -0.15) is 0 Å². The number of aliphatic hydroxyl groups excluding tert-OH is 1. The molecule has 0 amide bonds. The second-order valence-electron chi connectivity index (χ2n) is 2.63. The molecule has 1 atom stereocenters. The Labute approximate surface area is 67.4 Å². The van der Waals surface area contributed by atoms with Crippen molar-refractivity contribution in [3.63, 3.8) is 0 Å². The van der Waals surface area contributed by atoms with Gasteiger partial charge in [-0.15, -0.1) is 0 Å². The molecular weight excluding hydrogens is 144 g/mol. The van der Waals surface area contributed by atoms with Gasteiger partial charge >= 0.3 is 5.97 Å².